The van der Waals surface area contributed by atoms with E-state index in [9.17, 15) is 0 Å². The number of aromatic nitrogens is 3. The Hall–Kier alpha value is -1.55. The van der Waals surface area contributed by atoms with Crippen LogP contribution in [0.25, 0.3) is 0 Å². The van der Waals surface area contributed by atoms with Crippen LogP contribution in [0.15, 0.2) is 24.5 Å². The predicted molar refractivity (Wildman–Crippen MR) is 70.9 cm³/mol. The van der Waals surface area contributed by atoms with Crippen molar-refractivity contribution in [1.82, 2.24) is 14.5 Å². The fourth-order valence-electron chi connectivity index (χ4n) is 1.71. The Labute approximate surface area is 112 Å². The van der Waals surface area contributed by atoms with Crippen molar-refractivity contribution in [2.75, 3.05) is 6.61 Å². The number of aryl methyl sites for hydroxylation is 2. The topological polar surface area (TPSA) is 39.9 Å². The smallest absolute Gasteiger partial charge is 0.142 e. The van der Waals surface area contributed by atoms with Crippen molar-refractivity contribution < 1.29 is 4.74 Å². The Morgan fingerprint density at radius 1 is 1.39 bits per heavy atom. The summed E-state index contributed by atoms with van der Waals surface area (Å²) in [5.74, 6) is 2.12. The molecule has 2 heterocycles. The van der Waals surface area contributed by atoms with E-state index in [0.717, 1.165) is 29.4 Å². The van der Waals surface area contributed by atoms with Crippen LogP contribution < -0.4 is 4.74 Å². The van der Waals surface area contributed by atoms with E-state index in [1.165, 1.54) is 0 Å². The van der Waals surface area contributed by atoms with Gasteiger partial charge in [-0.15, -0.1) is 11.6 Å². The molecule has 0 aliphatic carbocycles. The quantitative estimate of drug-likeness (QED) is 0.780. The number of hydrogen-bond donors (Lipinski definition) is 0. The molecule has 2 aromatic heterocycles. The number of pyridine rings is 1. The maximum atomic E-state index is 5.85. The summed E-state index contributed by atoms with van der Waals surface area (Å²) in [5.41, 5.74) is 1.73. The lowest BCUT2D eigenvalue weighted by atomic mass is 10.3. The molecule has 0 N–H and O–H groups in total. The highest BCUT2D eigenvalue weighted by Crippen LogP contribution is 2.18. The largest absolute Gasteiger partial charge is 0.491 e. The summed E-state index contributed by atoms with van der Waals surface area (Å²) < 4.78 is 7.70. The molecule has 5 heteroatoms. The first-order chi connectivity index (χ1) is 8.70. The third-order valence-corrected chi connectivity index (χ3v) is 2.96. The van der Waals surface area contributed by atoms with Crippen molar-refractivity contribution in [2.45, 2.75) is 19.2 Å². The fraction of sp³-hybridized carbons (Fsp3) is 0.385. The maximum Gasteiger partial charge on any atom is 0.142 e. The molecule has 0 saturated carbocycles. The summed E-state index contributed by atoms with van der Waals surface area (Å²) in [5, 5.41) is 0. The van der Waals surface area contributed by atoms with Crippen LogP contribution >= 0.6 is 11.6 Å². The molecule has 0 bridgehead atoms. The number of imidazole rings is 1. The lowest BCUT2D eigenvalue weighted by Crippen LogP contribution is -2.07. The minimum absolute atomic E-state index is 0.361. The number of rotatable bonds is 5. The summed E-state index contributed by atoms with van der Waals surface area (Å²) in [4.78, 5) is 8.59. The van der Waals surface area contributed by atoms with E-state index in [4.69, 9.17) is 16.3 Å². The van der Waals surface area contributed by atoms with Gasteiger partial charge in [-0.25, -0.2) is 4.98 Å². The molecule has 0 aliphatic heterocycles. The Bertz CT molecular complexity index is 525. The molecule has 0 radical (unpaired) electrons. The molecule has 0 saturated heterocycles. The first kappa shape index (κ1) is 12.9. The second-order valence-corrected chi connectivity index (χ2v) is 4.35. The van der Waals surface area contributed by atoms with E-state index >= 15 is 0 Å². The molecule has 0 aliphatic rings. The van der Waals surface area contributed by atoms with Crippen molar-refractivity contribution in [3.05, 3.63) is 41.7 Å². The second-order valence-electron chi connectivity index (χ2n) is 4.08. The van der Waals surface area contributed by atoms with Crippen molar-refractivity contribution in [2.24, 2.45) is 7.05 Å². The van der Waals surface area contributed by atoms with Crippen LogP contribution in [0.5, 0.6) is 5.75 Å². The van der Waals surface area contributed by atoms with Gasteiger partial charge in [0.15, 0.2) is 0 Å². The zero-order chi connectivity index (χ0) is 13.0. The minimum Gasteiger partial charge on any atom is -0.491 e. The van der Waals surface area contributed by atoms with Gasteiger partial charge in [-0.1, -0.05) is 0 Å². The average molecular weight is 266 g/mol. The minimum atomic E-state index is 0.361. The van der Waals surface area contributed by atoms with Gasteiger partial charge in [0.05, 0.1) is 18.2 Å². The van der Waals surface area contributed by atoms with Crippen LogP contribution in [0.3, 0.4) is 0 Å². The van der Waals surface area contributed by atoms with Crippen LogP contribution in [0.1, 0.15) is 17.2 Å². The highest BCUT2D eigenvalue weighted by atomic mass is 35.5. The highest BCUT2D eigenvalue weighted by molar-refractivity contribution is 6.17. The van der Waals surface area contributed by atoms with Gasteiger partial charge in [0.25, 0.3) is 0 Å². The number of hydrogen-bond acceptors (Lipinski definition) is 3. The third kappa shape index (κ3) is 3.01. The maximum absolute atomic E-state index is 5.85. The molecule has 0 unspecified atom stereocenters. The normalized spacial score (nSPS) is 10.6. The summed E-state index contributed by atoms with van der Waals surface area (Å²) in [7, 11) is 1.97. The van der Waals surface area contributed by atoms with Gasteiger partial charge in [-0.3, -0.25) is 4.98 Å². The molecule has 4 nitrogen and oxygen atoms in total. The van der Waals surface area contributed by atoms with E-state index in [2.05, 4.69) is 9.97 Å². The van der Waals surface area contributed by atoms with Gasteiger partial charge < -0.3 is 9.30 Å². The number of nitrogens with zero attached hydrogens (tertiary/aromatic N) is 3. The molecule has 0 amide bonds. The molecule has 18 heavy (non-hydrogen) atoms. The Morgan fingerprint density at radius 3 is 2.89 bits per heavy atom. The van der Waals surface area contributed by atoms with Crippen LogP contribution in [-0.4, -0.2) is 21.1 Å². The first-order valence-corrected chi connectivity index (χ1v) is 6.35. The van der Waals surface area contributed by atoms with E-state index in [0.29, 0.717) is 12.5 Å². The average Bonchev–Trinajstić information content (AvgIpc) is 2.77. The molecule has 96 valence electrons. The summed E-state index contributed by atoms with van der Waals surface area (Å²) in [6.07, 6.45) is 4.47. The number of alkyl halides is 1. The molecule has 0 spiro atoms. The zero-order valence-electron chi connectivity index (χ0n) is 10.6. The monoisotopic (exact) mass is 265 g/mol. The van der Waals surface area contributed by atoms with Crippen LogP contribution in [-0.2, 0) is 19.3 Å². The molecule has 2 aromatic rings. The molecule has 0 aromatic carbocycles. The Balaban J connectivity index is 1.96. The third-order valence-electron chi connectivity index (χ3n) is 2.70. The van der Waals surface area contributed by atoms with Crippen LogP contribution in [0, 0.1) is 6.92 Å². The van der Waals surface area contributed by atoms with Gasteiger partial charge in [-0.2, -0.15) is 0 Å². The van der Waals surface area contributed by atoms with Crippen molar-refractivity contribution >= 4 is 11.6 Å². The van der Waals surface area contributed by atoms with Gasteiger partial charge in [0, 0.05) is 31.6 Å². The van der Waals surface area contributed by atoms with Gasteiger partial charge >= 0.3 is 0 Å². The molecular weight excluding hydrogens is 250 g/mol. The van der Waals surface area contributed by atoms with Gasteiger partial charge in [-0.05, 0) is 19.1 Å². The molecular formula is C13H16ClN3O. The van der Waals surface area contributed by atoms with Crippen LogP contribution in [0.4, 0.5) is 0 Å². The van der Waals surface area contributed by atoms with E-state index in [-0.39, 0.29) is 0 Å². The molecule has 0 fully saturated rings. The predicted octanol–water partition coefficient (Wildman–Crippen LogP) is 2.48. The van der Waals surface area contributed by atoms with E-state index in [1.807, 2.05) is 36.9 Å². The van der Waals surface area contributed by atoms with E-state index < -0.39 is 0 Å². The first-order valence-electron chi connectivity index (χ1n) is 5.82. The summed E-state index contributed by atoms with van der Waals surface area (Å²) in [6, 6.07) is 3.84. The van der Waals surface area contributed by atoms with Gasteiger partial charge in [0.1, 0.15) is 11.6 Å². The zero-order valence-corrected chi connectivity index (χ0v) is 11.3. The number of halogens is 1. The van der Waals surface area contributed by atoms with Gasteiger partial charge in [0.2, 0.25) is 0 Å². The Kier molecular flexibility index (Phi) is 4.20. The van der Waals surface area contributed by atoms with E-state index in [1.54, 1.807) is 6.20 Å². The highest BCUT2D eigenvalue weighted by Gasteiger charge is 2.06. The lowest BCUT2D eigenvalue weighted by molar-refractivity contribution is 0.313. The molecule has 2 rings (SSSR count). The Morgan fingerprint density at radius 2 is 2.22 bits per heavy atom. The van der Waals surface area contributed by atoms with Crippen molar-refractivity contribution in [3.63, 3.8) is 0 Å². The standard InChI is InChI=1S/C13H16ClN3O/c1-10-3-4-12(11(9-14)16-10)18-8-5-13-15-6-7-17(13)2/h3-4,6-7H,5,8-9H2,1-2H3. The van der Waals surface area contributed by atoms with Crippen molar-refractivity contribution in [1.29, 1.82) is 0 Å². The van der Waals surface area contributed by atoms with Crippen molar-refractivity contribution in [3.8, 4) is 5.75 Å². The summed E-state index contributed by atoms with van der Waals surface area (Å²) >= 11 is 5.85. The fourth-order valence-corrected chi connectivity index (χ4v) is 1.91. The SMILES string of the molecule is Cc1ccc(OCCc2nccn2C)c(CCl)n1. The van der Waals surface area contributed by atoms with Crippen LogP contribution in [0.2, 0.25) is 0 Å². The molecule has 0 atom stereocenters. The number of ether oxygens (including phenoxy) is 1. The second kappa shape index (κ2) is 5.87. The lowest BCUT2D eigenvalue weighted by Gasteiger charge is -2.09. The summed E-state index contributed by atoms with van der Waals surface area (Å²) in [6.45, 7) is 2.51.